The minimum atomic E-state index is -0.213. The molecule has 0 aliphatic carbocycles. The predicted molar refractivity (Wildman–Crippen MR) is 78.9 cm³/mol. The van der Waals surface area contributed by atoms with Gasteiger partial charge < -0.3 is 20.5 Å². The van der Waals surface area contributed by atoms with E-state index in [-0.39, 0.29) is 5.91 Å². The summed E-state index contributed by atoms with van der Waals surface area (Å²) in [5.41, 5.74) is 7.12. The number of ether oxygens (including phenoxy) is 2. The van der Waals surface area contributed by atoms with Gasteiger partial charge in [-0.1, -0.05) is 6.07 Å². The minimum absolute atomic E-state index is 0.213. The fraction of sp³-hybridized carbons (Fsp3) is 0.467. The van der Waals surface area contributed by atoms with E-state index in [0.29, 0.717) is 50.6 Å². The predicted octanol–water partition coefficient (Wildman–Crippen LogP) is 0.588. The monoisotopic (exact) mass is 291 g/mol. The quantitative estimate of drug-likeness (QED) is 0.649. The SMILES string of the molecule is Cc1ccc(C(=O)NCCOCCOCCN)cc1C#N. The van der Waals surface area contributed by atoms with E-state index >= 15 is 0 Å². The van der Waals surface area contributed by atoms with E-state index in [1.807, 2.05) is 6.92 Å². The van der Waals surface area contributed by atoms with Crippen molar-refractivity contribution >= 4 is 5.91 Å². The molecule has 0 saturated heterocycles. The maximum Gasteiger partial charge on any atom is 0.251 e. The van der Waals surface area contributed by atoms with Crippen LogP contribution in [-0.2, 0) is 9.47 Å². The Morgan fingerprint density at radius 1 is 1.29 bits per heavy atom. The van der Waals surface area contributed by atoms with Gasteiger partial charge in [0.15, 0.2) is 0 Å². The summed E-state index contributed by atoms with van der Waals surface area (Å²) in [5.74, 6) is -0.213. The Morgan fingerprint density at radius 3 is 2.67 bits per heavy atom. The highest BCUT2D eigenvalue weighted by molar-refractivity contribution is 5.94. The summed E-state index contributed by atoms with van der Waals surface area (Å²) in [4.78, 5) is 11.9. The summed E-state index contributed by atoms with van der Waals surface area (Å²) in [6.07, 6.45) is 0. The number of nitriles is 1. The standard InChI is InChI=1S/C15H21N3O3/c1-12-2-3-13(10-14(12)11-17)15(19)18-5-7-21-9-8-20-6-4-16/h2-3,10H,4-9,16H2,1H3,(H,18,19). The summed E-state index contributed by atoms with van der Waals surface area (Å²) in [7, 11) is 0. The lowest BCUT2D eigenvalue weighted by Crippen LogP contribution is -2.27. The second-order valence-electron chi connectivity index (χ2n) is 4.41. The number of carbonyl (C=O) groups excluding carboxylic acids is 1. The van der Waals surface area contributed by atoms with Crippen molar-refractivity contribution in [3.05, 3.63) is 34.9 Å². The van der Waals surface area contributed by atoms with Crippen molar-refractivity contribution in [3.63, 3.8) is 0 Å². The van der Waals surface area contributed by atoms with E-state index in [0.717, 1.165) is 5.56 Å². The number of nitrogens with zero attached hydrogens (tertiary/aromatic N) is 1. The van der Waals surface area contributed by atoms with E-state index in [9.17, 15) is 4.79 Å². The highest BCUT2D eigenvalue weighted by atomic mass is 16.5. The van der Waals surface area contributed by atoms with E-state index in [2.05, 4.69) is 11.4 Å². The average Bonchev–Trinajstić information content (AvgIpc) is 2.50. The molecule has 1 aromatic carbocycles. The summed E-state index contributed by atoms with van der Waals surface area (Å²) >= 11 is 0. The highest BCUT2D eigenvalue weighted by Gasteiger charge is 2.07. The molecule has 0 aliphatic heterocycles. The number of nitrogens with two attached hydrogens (primary N) is 1. The molecule has 6 heteroatoms. The minimum Gasteiger partial charge on any atom is -0.378 e. The molecule has 3 N–H and O–H groups in total. The van der Waals surface area contributed by atoms with Crippen molar-refractivity contribution in [1.29, 1.82) is 5.26 Å². The molecule has 21 heavy (non-hydrogen) atoms. The zero-order valence-electron chi connectivity index (χ0n) is 12.2. The van der Waals surface area contributed by atoms with Gasteiger partial charge in [-0.05, 0) is 24.6 Å². The molecule has 1 rings (SSSR count). The number of nitrogens with one attached hydrogen (secondary N) is 1. The Balaban J connectivity index is 2.24. The maximum atomic E-state index is 11.9. The second-order valence-corrected chi connectivity index (χ2v) is 4.41. The van der Waals surface area contributed by atoms with Crippen molar-refractivity contribution in [2.45, 2.75) is 6.92 Å². The molecule has 0 atom stereocenters. The Morgan fingerprint density at radius 2 is 2.00 bits per heavy atom. The van der Waals surface area contributed by atoms with Gasteiger partial charge in [-0.2, -0.15) is 5.26 Å². The molecule has 0 aromatic heterocycles. The van der Waals surface area contributed by atoms with Gasteiger partial charge in [0.1, 0.15) is 0 Å². The average molecular weight is 291 g/mol. The van der Waals surface area contributed by atoms with Crippen LogP contribution in [0.25, 0.3) is 0 Å². The van der Waals surface area contributed by atoms with Gasteiger partial charge >= 0.3 is 0 Å². The first-order chi connectivity index (χ1) is 10.2. The molecular formula is C15H21N3O3. The van der Waals surface area contributed by atoms with Crippen molar-refractivity contribution < 1.29 is 14.3 Å². The molecule has 0 unspecified atom stereocenters. The zero-order valence-corrected chi connectivity index (χ0v) is 12.2. The molecule has 0 fully saturated rings. The van der Waals surface area contributed by atoms with Crippen LogP contribution in [0.15, 0.2) is 18.2 Å². The van der Waals surface area contributed by atoms with Gasteiger partial charge in [0, 0.05) is 18.7 Å². The normalized spacial score (nSPS) is 10.1. The van der Waals surface area contributed by atoms with Crippen LogP contribution < -0.4 is 11.1 Å². The first-order valence-corrected chi connectivity index (χ1v) is 6.83. The first kappa shape index (κ1) is 17.1. The third-order valence-corrected chi connectivity index (χ3v) is 2.79. The van der Waals surface area contributed by atoms with Crippen molar-refractivity contribution in [3.8, 4) is 6.07 Å². The molecule has 6 nitrogen and oxygen atoms in total. The summed E-state index contributed by atoms with van der Waals surface area (Å²) in [5, 5.41) is 11.7. The second kappa shape index (κ2) is 9.88. The van der Waals surface area contributed by atoms with Gasteiger partial charge in [-0.3, -0.25) is 4.79 Å². The molecule has 0 bridgehead atoms. The van der Waals surface area contributed by atoms with E-state index in [1.54, 1.807) is 18.2 Å². The molecule has 114 valence electrons. The van der Waals surface area contributed by atoms with Crippen LogP contribution in [0, 0.1) is 18.3 Å². The van der Waals surface area contributed by atoms with E-state index < -0.39 is 0 Å². The van der Waals surface area contributed by atoms with Crippen LogP contribution in [0.3, 0.4) is 0 Å². The van der Waals surface area contributed by atoms with Crippen LogP contribution in [0.2, 0.25) is 0 Å². The van der Waals surface area contributed by atoms with Crippen LogP contribution >= 0.6 is 0 Å². The van der Waals surface area contributed by atoms with Crippen LogP contribution in [0.4, 0.5) is 0 Å². The van der Waals surface area contributed by atoms with Gasteiger partial charge in [0.2, 0.25) is 0 Å². The number of rotatable bonds is 9. The lowest BCUT2D eigenvalue weighted by Gasteiger charge is -2.07. The number of benzene rings is 1. The molecule has 0 radical (unpaired) electrons. The van der Waals surface area contributed by atoms with Crippen LogP contribution in [-0.4, -0.2) is 45.4 Å². The van der Waals surface area contributed by atoms with Crippen molar-refractivity contribution in [2.75, 3.05) is 39.5 Å². The fourth-order valence-electron chi connectivity index (χ4n) is 1.63. The third kappa shape index (κ3) is 6.36. The molecule has 1 aromatic rings. The van der Waals surface area contributed by atoms with Crippen molar-refractivity contribution in [1.82, 2.24) is 5.32 Å². The molecule has 0 spiro atoms. The molecule has 1 amide bonds. The summed E-state index contributed by atoms with van der Waals surface area (Å²) in [6.45, 7) is 4.64. The zero-order chi connectivity index (χ0) is 15.5. The Hall–Kier alpha value is -1.94. The largest absolute Gasteiger partial charge is 0.378 e. The van der Waals surface area contributed by atoms with Crippen LogP contribution in [0.5, 0.6) is 0 Å². The number of carbonyl (C=O) groups is 1. The van der Waals surface area contributed by atoms with Gasteiger partial charge in [-0.25, -0.2) is 0 Å². The van der Waals surface area contributed by atoms with E-state index in [1.165, 1.54) is 0 Å². The lowest BCUT2D eigenvalue weighted by molar-refractivity contribution is 0.0511. The molecule has 0 heterocycles. The number of hydrogen-bond acceptors (Lipinski definition) is 5. The molecule has 0 aliphatic rings. The molecular weight excluding hydrogens is 270 g/mol. The Bertz CT molecular complexity index is 497. The van der Waals surface area contributed by atoms with E-state index in [4.69, 9.17) is 20.5 Å². The smallest absolute Gasteiger partial charge is 0.251 e. The maximum absolute atomic E-state index is 11.9. The lowest BCUT2D eigenvalue weighted by atomic mass is 10.1. The topological polar surface area (TPSA) is 97.4 Å². The third-order valence-electron chi connectivity index (χ3n) is 2.79. The Kier molecular flexibility index (Phi) is 8.05. The Labute approximate surface area is 124 Å². The number of aryl methyl sites for hydroxylation is 1. The summed E-state index contributed by atoms with van der Waals surface area (Å²) < 4.78 is 10.4. The van der Waals surface area contributed by atoms with Gasteiger partial charge in [0.05, 0.1) is 38.1 Å². The fourth-order valence-corrected chi connectivity index (χ4v) is 1.63. The number of amides is 1. The van der Waals surface area contributed by atoms with Gasteiger partial charge in [-0.15, -0.1) is 0 Å². The first-order valence-electron chi connectivity index (χ1n) is 6.83. The number of hydrogen-bond donors (Lipinski definition) is 2. The van der Waals surface area contributed by atoms with Crippen LogP contribution in [0.1, 0.15) is 21.5 Å². The van der Waals surface area contributed by atoms with Gasteiger partial charge in [0.25, 0.3) is 5.91 Å². The van der Waals surface area contributed by atoms with Crippen molar-refractivity contribution in [2.24, 2.45) is 5.73 Å². The molecule has 0 saturated carbocycles. The highest BCUT2D eigenvalue weighted by Crippen LogP contribution is 2.09. The summed E-state index contributed by atoms with van der Waals surface area (Å²) in [6, 6.07) is 7.12.